The molecule has 2 rings (SSSR count). The largest absolute Gasteiger partial charge is 0.530 e. The van der Waals surface area contributed by atoms with Gasteiger partial charge in [-0.1, -0.05) is 0 Å². The van der Waals surface area contributed by atoms with Crippen molar-refractivity contribution in [2.24, 2.45) is 0 Å². The van der Waals surface area contributed by atoms with Gasteiger partial charge in [0.15, 0.2) is 0 Å². The van der Waals surface area contributed by atoms with Crippen LogP contribution in [0.25, 0.3) is 0 Å². The Balaban J connectivity index is 0. The Labute approximate surface area is 268 Å². The maximum Gasteiger partial charge on any atom is 0.530 e. The summed E-state index contributed by atoms with van der Waals surface area (Å²) in [5, 5.41) is 0. The molecule has 0 saturated carbocycles. The van der Waals surface area contributed by atoms with E-state index < -0.39 is 13.9 Å². The summed E-state index contributed by atoms with van der Waals surface area (Å²) in [5.74, 6) is 0. The Hall–Kier alpha value is -1.77. The van der Waals surface area contributed by atoms with Crippen molar-refractivity contribution in [1.82, 2.24) is 9.13 Å². The van der Waals surface area contributed by atoms with Crippen LogP contribution in [0.3, 0.4) is 0 Å². The second kappa shape index (κ2) is 21.1. The van der Waals surface area contributed by atoms with Crippen LogP contribution in [0, 0.1) is 27.7 Å². The van der Waals surface area contributed by atoms with E-state index in [2.05, 4.69) is 114 Å². The van der Waals surface area contributed by atoms with Gasteiger partial charge in [-0.05, 0) is 112 Å². The van der Waals surface area contributed by atoms with Crippen molar-refractivity contribution < 1.29 is 46.4 Å². The lowest BCUT2D eigenvalue weighted by molar-refractivity contribution is -0.721. The molecule has 2 aromatic heterocycles. The van der Waals surface area contributed by atoms with Gasteiger partial charge < -0.3 is 37.2 Å². The van der Waals surface area contributed by atoms with Gasteiger partial charge in [-0.3, -0.25) is 0 Å². The van der Waals surface area contributed by atoms with Crippen molar-refractivity contribution in [2.45, 2.75) is 107 Å². The molecule has 0 atom stereocenters. The molecule has 44 heavy (non-hydrogen) atoms. The molecule has 0 aromatic carbocycles. The number of imidazole rings is 2. The fraction of sp³-hybridized carbons (Fsp3) is 0.800. The van der Waals surface area contributed by atoms with Crippen LogP contribution in [0.4, 0.5) is 0 Å². The molecule has 0 spiro atoms. The number of hydrogen-bond acceptors (Lipinski definition) is 8. The highest BCUT2D eigenvalue weighted by Crippen LogP contribution is 2.13. The van der Waals surface area contributed by atoms with E-state index in [0.717, 1.165) is 0 Å². The minimum Gasteiger partial charge on any atom is -0.521 e. The summed E-state index contributed by atoms with van der Waals surface area (Å²) < 4.78 is 47.6. The van der Waals surface area contributed by atoms with Crippen LogP contribution in [0.15, 0.2) is 12.7 Å². The Morgan fingerprint density at radius 2 is 0.659 bits per heavy atom. The Morgan fingerprint density at radius 1 is 0.455 bits per heavy atom. The molecule has 0 amide bonds. The highest BCUT2D eigenvalue weighted by atomic mass is 16.9. The van der Waals surface area contributed by atoms with Crippen LogP contribution >= 0.6 is 0 Å². The molecule has 0 fully saturated rings. The quantitative estimate of drug-likeness (QED) is 0.235. The van der Waals surface area contributed by atoms with E-state index in [-0.39, 0.29) is 0 Å². The Bertz CT molecular complexity index is 876. The zero-order valence-corrected chi connectivity index (χ0v) is 31.7. The van der Waals surface area contributed by atoms with E-state index in [1.54, 1.807) is 0 Å². The number of hydrogen-bond donors (Lipinski definition) is 0. The highest BCUT2D eigenvalue weighted by Gasteiger charge is 2.26. The molecule has 260 valence electrons. The number of rotatable bonds is 12. The van der Waals surface area contributed by atoms with Gasteiger partial charge in [0.1, 0.15) is 22.8 Å². The minimum absolute atomic E-state index is 0.554. The third kappa shape index (κ3) is 12.6. The molecular weight excluding hydrogens is 566 g/mol. The fourth-order valence-electron chi connectivity index (χ4n) is 4.60. The molecule has 2 heterocycles. The van der Waals surface area contributed by atoms with E-state index in [4.69, 9.17) is 37.2 Å². The van der Waals surface area contributed by atoms with E-state index in [1.807, 2.05) is 0 Å². The average molecular weight is 633 g/mol. The van der Waals surface area contributed by atoms with E-state index >= 15 is 0 Å². The van der Waals surface area contributed by atoms with Gasteiger partial charge in [0.2, 0.25) is 12.7 Å². The van der Waals surface area contributed by atoms with Gasteiger partial charge in [0.25, 0.3) is 0 Å². The summed E-state index contributed by atoms with van der Waals surface area (Å²) in [7, 11) is 11.6. The second-order valence-electron chi connectivity index (χ2n) is 11.6. The zero-order chi connectivity index (χ0) is 35.0. The Kier molecular flexibility index (Phi) is 21.3. The molecule has 12 nitrogen and oxygen atoms in total. The van der Waals surface area contributed by atoms with Gasteiger partial charge >= 0.3 is 13.9 Å². The standard InChI is InChI=1S/2C11H21N2.2C4H12BO4/c2*1-8(2)12-7-13(9(3)4)11(6)10(12)5;2*1-6-5(7-2,8-3)9-4/h2*7-9H,1-6H3;2*1-4H3/q2*+1;2*-1. The normalized spacial score (nSPS) is 11.8. The summed E-state index contributed by atoms with van der Waals surface area (Å²) in [6.45, 7) is 22.6. The summed E-state index contributed by atoms with van der Waals surface area (Å²) >= 11 is 0. The Morgan fingerprint density at radius 3 is 0.727 bits per heavy atom. The van der Waals surface area contributed by atoms with Crippen molar-refractivity contribution >= 4 is 13.9 Å². The first-order valence-corrected chi connectivity index (χ1v) is 15.2. The van der Waals surface area contributed by atoms with Gasteiger partial charge in [-0.25, -0.2) is 18.3 Å². The zero-order valence-electron chi connectivity index (χ0n) is 31.7. The van der Waals surface area contributed by atoms with E-state index in [1.165, 1.54) is 79.7 Å². The van der Waals surface area contributed by atoms with E-state index in [9.17, 15) is 0 Å². The molecule has 0 aliphatic heterocycles. The first-order valence-electron chi connectivity index (χ1n) is 15.2. The van der Waals surface area contributed by atoms with Crippen molar-refractivity contribution in [3.05, 3.63) is 35.4 Å². The maximum absolute atomic E-state index is 4.78. The van der Waals surface area contributed by atoms with Gasteiger partial charge in [0, 0.05) is 27.7 Å². The molecule has 0 unspecified atom stereocenters. The molecule has 0 aliphatic rings. The summed E-state index contributed by atoms with van der Waals surface area (Å²) in [6.07, 6.45) is 4.44. The molecule has 0 aliphatic carbocycles. The lowest BCUT2D eigenvalue weighted by Crippen LogP contribution is -2.45. The smallest absolute Gasteiger partial charge is 0.521 e. The van der Waals surface area contributed by atoms with Crippen LogP contribution in [0.2, 0.25) is 0 Å². The molecule has 2 aromatic rings. The van der Waals surface area contributed by atoms with Gasteiger partial charge in [0.05, 0.1) is 24.2 Å². The van der Waals surface area contributed by atoms with Crippen LogP contribution in [0.1, 0.15) is 102 Å². The van der Waals surface area contributed by atoms with E-state index in [0.29, 0.717) is 24.2 Å². The highest BCUT2D eigenvalue weighted by molar-refractivity contribution is 6.53. The molecule has 0 N–H and O–H groups in total. The third-order valence-corrected chi connectivity index (χ3v) is 7.63. The molecular formula is C30H66B2N4O8. The van der Waals surface area contributed by atoms with Crippen molar-refractivity contribution in [2.75, 3.05) is 56.9 Å². The SMILES string of the molecule is CO[B-](OC)(OC)OC.CO[B-](OC)(OC)OC.Cc1c(C)[n+](C(C)C)cn1C(C)C.Cc1c(C)[n+](C(C)C)cn1C(C)C. The maximum atomic E-state index is 4.78. The third-order valence-electron chi connectivity index (χ3n) is 7.63. The molecule has 0 bridgehead atoms. The molecule has 14 heteroatoms. The van der Waals surface area contributed by atoms with Gasteiger partial charge in [-0.2, -0.15) is 0 Å². The van der Waals surface area contributed by atoms with Crippen molar-refractivity contribution in [3.63, 3.8) is 0 Å². The van der Waals surface area contributed by atoms with Crippen molar-refractivity contribution in [1.29, 1.82) is 0 Å². The second-order valence-corrected chi connectivity index (χ2v) is 11.6. The predicted molar refractivity (Wildman–Crippen MR) is 177 cm³/mol. The number of aromatic nitrogens is 4. The van der Waals surface area contributed by atoms with Crippen LogP contribution in [0.5, 0.6) is 0 Å². The molecule has 0 saturated heterocycles. The van der Waals surface area contributed by atoms with Crippen LogP contribution < -0.4 is 9.13 Å². The monoisotopic (exact) mass is 633 g/mol. The summed E-state index contributed by atoms with van der Waals surface area (Å²) in [4.78, 5) is 0. The lowest BCUT2D eigenvalue weighted by atomic mass is 10.1. The molecule has 0 radical (unpaired) electrons. The number of nitrogens with zero attached hydrogens (tertiary/aromatic N) is 4. The minimum atomic E-state index is -1.94. The lowest BCUT2D eigenvalue weighted by Gasteiger charge is -2.34. The first kappa shape index (κ1) is 44.4. The summed E-state index contributed by atoms with van der Waals surface area (Å²) in [5.41, 5.74) is 5.51. The van der Waals surface area contributed by atoms with Crippen LogP contribution in [-0.2, 0) is 37.2 Å². The predicted octanol–water partition coefficient (Wildman–Crippen LogP) is 5.12. The van der Waals surface area contributed by atoms with Crippen molar-refractivity contribution in [3.8, 4) is 0 Å². The fourth-order valence-corrected chi connectivity index (χ4v) is 4.60. The topological polar surface area (TPSA) is 91.5 Å². The van der Waals surface area contributed by atoms with Crippen LogP contribution in [-0.4, -0.2) is 79.9 Å². The first-order chi connectivity index (χ1) is 20.4. The summed E-state index contributed by atoms with van der Waals surface area (Å²) in [6, 6.07) is 2.22. The van der Waals surface area contributed by atoms with Gasteiger partial charge in [-0.15, -0.1) is 0 Å². The average Bonchev–Trinajstić information content (AvgIpc) is 3.48.